The molecule has 0 saturated carbocycles. The Bertz CT molecular complexity index is 1510. The van der Waals surface area contributed by atoms with Gasteiger partial charge in [0.15, 0.2) is 0 Å². The summed E-state index contributed by atoms with van der Waals surface area (Å²) < 4.78 is 14.2. The van der Waals surface area contributed by atoms with Gasteiger partial charge >= 0.3 is 0 Å². The zero-order valence-corrected chi connectivity index (χ0v) is 21.0. The summed E-state index contributed by atoms with van der Waals surface area (Å²) in [7, 11) is 0. The zero-order chi connectivity index (χ0) is 25.9. The summed E-state index contributed by atoms with van der Waals surface area (Å²) >= 11 is 0. The van der Waals surface area contributed by atoms with Gasteiger partial charge in [-0.25, -0.2) is 9.37 Å². The summed E-state index contributed by atoms with van der Waals surface area (Å²) in [6, 6.07) is 37.2. The number of benzene rings is 4. The number of nitrogens with zero attached hydrogens (tertiary/aromatic N) is 3. The predicted molar refractivity (Wildman–Crippen MR) is 149 cm³/mol. The first-order valence-electron chi connectivity index (χ1n) is 13.0. The normalized spacial score (nSPS) is 14.2. The van der Waals surface area contributed by atoms with Crippen LogP contribution in [0.15, 0.2) is 115 Å². The van der Waals surface area contributed by atoms with Crippen molar-refractivity contribution in [3.8, 4) is 11.3 Å². The Hall–Kier alpha value is -4.35. The molecule has 0 spiro atoms. The van der Waals surface area contributed by atoms with E-state index in [1.165, 1.54) is 23.3 Å². The molecule has 0 radical (unpaired) electrons. The van der Waals surface area contributed by atoms with Crippen molar-refractivity contribution < 1.29 is 9.18 Å². The smallest absolute Gasteiger partial charge is 0.254 e. The summed E-state index contributed by atoms with van der Waals surface area (Å²) in [6.45, 7) is 2.66. The number of hydrogen-bond acceptors (Lipinski definition) is 3. The van der Waals surface area contributed by atoms with E-state index in [1.807, 2.05) is 53.4 Å². The lowest BCUT2D eigenvalue weighted by Gasteiger charge is -2.40. The van der Waals surface area contributed by atoms with E-state index in [0.717, 1.165) is 18.7 Å². The average Bonchev–Trinajstić information content (AvgIpc) is 2.98. The fraction of sp³-hybridized carbons (Fsp3) is 0.152. The summed E-state index contributed by atoms with van der Waals surface area (Å²) in [4.78, 5) is 22.9. The number of carbonyl (C=O) groups excluding carboxylic acids is 1. The van der Waals surface area contributed by atoms with Crippen LogP contribution in [-0.4, -0.2) is 46.9 Å². The first-order valence-corrected chi connectivity index (χ1v) is 13.0. The second-order valence-corrected chi connectivity index (χ2v) is 9.63. The average molecular weight is 502 g/mol. The van der Waals surface area contributed by atoms with E-state index in [2.05, 4.69) is 53.4 Å². The molecule has 0 bridgehead atoms. The van der Waals surface area contributed by atoms with E-state index >= 15 is 0 Å². The third-order valence-electron chi connectivity index (χ3n) is 7.27. The molecule has 1 fully saturated rings. The van der Waals surface area contributed by atoms with Gasteiger partial charge in [-0.3, -0.25) is 9.69 Å². The lowest BCUT2D eigenvalue weighted by molar-refractivity contribution is 0.0599. The van der Waals surface area contributed by atoms with Gasteiger partial charge in [-0.05, 0) is 35.4 Å². The lowest BCUT2D eigenvalue weighted by Crippen LogP contribution is -2.49. The van der Waals surface area contributed by atoms with Crippen molar-refractivity contribution in [2.45, 2.75) is 6.04 Å². The second kappa shape index (κ2) is 10.6. The molecule has 0 aliphatic carbocycles. The Morgan fingerprint density at radius 3 is 1.89 bits per heavy atom. The maximum absolute atomic E-state index is 14.2. The van der Waals surface area contributed by atoms with E-state index in [1.54, 1.807) is 6.07 Å². The molecule has 1 saturated heterocycles. The number of aromatic nitrogens is 1. The van der Waals surface area contributed by atoms with E-state index in [4.69, 9.17) is 4.98 Å². The molecule has 4 nitrogen and oxygen atoms in total. The molecule has 2 heterocycles. The number of rotatable bonds is 5. The minimum atomic E-state index is -0.376. The molecule has 0 N–H and O–H groups in total. The molecule has 5 aromatic rings. The summed E-state index contributed by atoms with van der Waals surface area (Å²) in [5.41, 5.74) is 5.21. The van der Waals surface area contributed by atoms with Crippen molar-refractivity contribution in [3.63, 3.8) is 0 Å². The number of fused-ring (bicyclic) bond motifs is 1. The van der Waals surface area contributed by atoms with Crippen LogP contribution in [0.3, 0.4) is 0 Å². The van der Waals surface area contributed by atoms with Gasteiger partial charge in [0.1, 0.15) is 5.82 Å². The fourth-order valence-corrected chi connectivity index (χ4v) is 5.37. The maximum Gasteiger partial charge on any atom is 0.254 e. The molecule has 4 aromatic carbocycles. The van der Waals surface area contributed by atoms with Crippen LogP contribution in [0, 0.1) is 5.82 Å². The van der Waals surface area contributed by atoms with Crippen molar-refractivity contribution in [1.29, 1.82) is 0 Å². The van der Waals surface area contributed by atoms with Crippen LogP contribution in [0.2, 0.25) is 0 Å². The molecule has 38 heavy (non-hydrogen) atoms. The Kier molecular flexibility index (Phi) is 6.67. The molecule has 6 rings (SSSR count). The number of halogens is 1. The van der Waals surface area contributed by atoms with Crippen LogP contribution in [-0.2, 0) is 0 Å². The highest BCUT2D eigenvalue weighted by Gasteiger charge is 2.29. The quantitative estimate of drug-likeness (QED) is 0.273. The number of piperazine rings is 1. The van der Waals surface area contributed by atoms with E-state index in [9.17, 15) is 9.18 Å². The van der Waals surface area contributed by atoms with Crippen molar-refractivity contribution in [1.82, 2.24) is 14.8 Å². The molecule has 0 atom stereocenters. The van der Waals surface area contributed by atoms with Gasteiger partial charge in [-0.1, -0.05) is 91.0 Å². The number of amides is 1. The molecule has 5 heteroatoms. The minimum Gasteiger partial charge on any atom is -0.336 e. The van der Waals surface area contributed by atoms with E-state index in [0.29, 0.717) is 35.2 Å². The molecular weight excluding hydrogens is 473 g/mol. The highest BCUT2D eigenvalue weighted by Crippen LogP contribution is 2.31. The van der Waals surface area contributed by atoms with Gasteiger partial charge in [0.25, 0.3) is 5.91 Å². The predicted octanol–water partition coefficient (Wildman–Crippen LogP) is 6.59. The lowest BCUT2D eigenvalue weighted by atomic mass is 9.96. The van der Waals surface area contributed by atoms with Crippen LogP contribution >= 0.6 is 0 Å². The SMILES string of the molecule is O=C(c1cc(-c2ccccc2)nc2ccc(F)cc12)N1CCN(C(c2ccccc2)c2ccccc2)CC1. The monoisotopic (exact) mass is 501 g/mol. The first-order chi connectivity index (χ1) is 18.7. The van der Waals surface area contributed by atoms with Crippen LogP contribution in [0.25, 0.3) is 22.2 Å². The highest BCUT2D eigenvalue weighted by molar-refractivity contribution is 6.07. The molecule has 1 aliphatic rings. The van der Waals surface area contributed by atoms with Gasteiger partial charge in [0.05, 0.1) is 22.8 Å². The van der Waals surface area contributed by atoms with E-state index in [-0.39, 0.29) is 17.8 Å². The number of pyridine rings is 1. The van der Waals surface area contributed by atoms with Gasteiger partial charge in [0, 0.05) is 37.1 Å². The van der Waals surface area contributed by atoms with Crippen molar-refractivity contribution in [3.05, 3.63) is 138 Å². The Morgan fingerprint density at radius 1 is 0.711 bits per heavy atom. The van der Waals surface area contributed by atoms with Crippen LogP contribution in [0.1, 0.15) is 27.5 Å². The second-order valence-electron chi connectivity index (χ2n) is 9.63. The van der Waals surface area contributed by atoms with Crippen LogP contribution in [0.4, 0.5) is 4.39 Å². The topological polar surface area (TPSA) is 36.4 Å². The maximum atomic E-state index is 14.2. The molecule has 1 aromatic heterocycles. The largest absolute Gasteiger partial charge is 0.336 e. The van der Waals surface area contributed by atoms with Gasteiger partial charge in [-0.2, -0.15) is 0 Å². The van der Waals surface area contributed by atoms with Crippen molar-refractivity contribution in [2.24, 2.45) is 0 Å². The Balaban J connectivity index is 1.29. The Labute approximate surface area is 222 Å². The summed E-state index contributed by atoms with van der Waals surface area (Å²) in [5.74, 6) is -0.463. The zero-order valence-electron chi connectivity index (χ0n) is 21.0. The first kappa shape index (κ1) is 24.0. The summed E-state index contributed by atoms with van der Waals surface area (Å²) in [5, 5.41) is 0.545. The van der Waals surface area contributed by atoms with Crippen LogP contribution in [0.5, 0.6) is 0 Å². The Morgan fingerprint density at radius 2 is 1.29 bits per heavy atom. The third-order valence-corrected chi connectivity index (χ3v) is 7.27. The molecule has 1 aliphatic heterocycles. The fourth-order valence-electron chi connectivity index (χ4n) is 5.37. The molecular formula is C33H28FN3O. The molecule has 1 amide bonds. The highest BCUT2D eigenvalue weighted by atomic mass is 19.1. The molecule has 0 unspecified atom stereocenters. The van der Waals surface area contributed by atoms with Crippen molar-refractivity contribution in [2.75, 3.05) is 26.2 Å². The summed E-state index contributed by atoms with van der Waals surface area (Å²) in [6.07, 6.45) is 0. The molecule has 188 valence electrons. The number of carbonyl (C=O) groups is 1. The van der Waals surface area contributed by atoms with Gasteiger partial charge < -0.3 is 4.90 Å². The van der Waals surface area contributed by atoms with Crippen molar-refractivity contribution >= 4 is 16.8 Å². The number of hydrogen-bond donors (Lipinski definition) is 0. The third kappa shape index (κ3) is 4.81. The minimum absolute atomic E-state index is 0.0872. The standard InChI is InChI=1S/C33H28FN3O/c34-27-16-17-30-28(22-27)29(23-31(35-30)24-10-4-1-5-11-24)33(38)37-20-18-36(19-21-37)32(25-12-6-2-7-13-25)26-14-8-3-9-15-26/h1-17,22-23,32H,18-21H2. The van der Waals surface area contributed by atoms with Gasteiger partial charge in [0.2, 0.25) is 0 Å². The van der Waals surface area contributed by atoms with Gasteiger partial charge in [-0.15, -0.1) is 0 Å². The van der Waals surface area contributed by atoms with E-state index < -0.39 is 0 Å². The van der Waals surface area contributed by atoms with Crippen LogP contribution < -0.4 is 0 Å².